The number of pyridine rings is 1. The summed E-state index contributed by atoms with van der Waals surface area (Å²) in [6.45, 7) is 2.05. The van der Waals surface area contributed by atoms with Crippen LogP contribution in [0.3, 0.4) is 0 Å². The second-order valence-corrected chi connectivity index (χ2v) is 4.35. The van der Waals surface area contributed by atoms with Crippen LogP contribution in [0.25, 0.3) is 22.0 Å². The van der Waals surface area contributed by atoms with E-state index in [-0.39, 0.29) is 0 Å². The Morgan fingerprint density at radius 1 is 1.11 bits per heavy atom. The molecule has 0 unspecified atom stereocenters. The maximum absolute atomic E-state index is 5.94. The van der Waals surface area contributed by atoms with E-state index in [0.717, 1.165) is 34.0 Å². The van der Waals surface area contributed by atoms with Crippen LogP contribution in [0.2, 0.25) is 0 Å². The third-order valence-electron chi connectivity index (χ3n) is 3.26. The second kappa shape index (κ2) is 4.65. The van der Waals surface area contributed by atoms with Crippen LogP contribution in [0.5, 0.6) is 0 Å². The number of rotatable bonds is 2. The van der Waals surface area contributed by atoms with Crippen molar-refractivity contribution in [2.75, 3.05) is 5.73 Å². The number of nitrogens with two attached hydrogens (primary N) is 1. The molecular formula is C15H14N4. The number of fused-ring (bicyclic) bond motifs is 1. The van der Waals surface area contributed by atoms with E-state index in [4.69, 9.17) is 5.73 Å². The highest BCUT2D eigenvalue weighted by molar-refractivity contribution is 5.95. The van der Waals surface area contributed by atoms with E-state index >= 15 is 0 Å². The second-order valence-electron chi connectivity index (χ2n) is 4.35. The molecule has 2 aromatic heterocycles. The Kier molecular flexibility index (Phi) is 2.83. The summed E-state index contributed by atoms with van der Waals surface area (Å²) in [4.78, 5) is 12.8. The first-order valence-corrected chi connectivity index (χ1v) is 6.23. The minimum atomic E-state index is 0.542. The molecule has 0 aliphatic carbocycles. The number of hydrogen-bond donors (Lipinski definition) is 1. The molecule has 2 N–H and O–H groups in total. The summed E-state index contributed by atoms with van der Waals surface area (Å²) in [7, 11) is 0. The minimum absolute atomic E-state index is 0.542. The van der Waals surface area contributed by atoms with Gasteiger partial charge in [-0.05, 0) is 11.8 Å². The Hall–Kier alpha value is -2.49. The molecule has 0 fully saturated rings. The van der Waals surface area contributed by atoms with Gasteiger partial charge in [0.1, 0.15) is 12.1 Å². The largest absolute Gasteiger partial charge is 0.383 e. The molecule has 0 aliphatic heterocycles. The smallest absolute Gasteiger partial charge is 0.130 e. The third-order valence-corrected chi connectivity index (χ3v) is 3.26. The molecule has 0 amide bonds. The molecule has 3 aromatic rings. The highest BCUT2D eigenvalue weighted by Crippen LogP contribution is 2.30. The Morgan fingerprint density at radius 2 is 1.95 bits per heavy atom. The van der Waals surface area contributed by atoms with Gasteiger partial charge in [0.2, 0.25) is 0 Å². The summed E-state index contributed by atoms with van der Waals surface area (Å²) in [5.74, 6) is 0.542. The topological polar surface area (TPSA) is 64.7 Å². The first-order chi connectivity index (χ1) is 9.31. The zero-order valence-electron chi connectivity index (χ0n) is 10.7. The van der Waals surface area contributed by atoms with Crippen molar-refractivity contribution < 1.29 is 0 Å². The summed E-state index contributed by atoms with van der Waals surface area (Å²) < 4.78 is 0. The van der Waals surface area contributed by atoms with Crippen molar-refractivity contribution in [1.82, 2.24) is 15.0 Å². The fourth-order valence-corrected chi connectivity index (χ4v) is 2.31. The summed E-state index contributed by atoms with van der Waals surface area (Å²) in [5.41, 5.74) is 8.79. The molecule has 0 radical (unpaired) electrons. The van der Waals surface area contributed by atoms with Crippen LogP contribution in [0, 0.1) is 0 Å². The fourth-order valence-electron chi connectivity index (χ4n) is 2.31. The Bertz CT molecular complexity index is 732. The van der Waals surface area contributed by atoms with Gasteiger partial charge >= 0.3 is 0 Å². The number of benzene rings is 1. The number of anilines is 1. The van der Waals surface area contributed by atoms with Gasteiger partial charge in [-0.1, -0.05) is 31.2 Å². The lowest BCUT2D eigenvalue weighted by molar-refractivity contribution is 1.06. The summed E-state index contributed by atoms with van der Waals surface area (Å²) in [6, 6.07) is 8.14. The van der Waals surface area contributed by atoms with Gasteiger partial charge < -0.3 is 5.73 Å². The molecule has 0 atom stereocenters. The standard InChI is InChI=1S/C15H14N4/c1-2-11-14(18-9-19-15(11)16)13-8-17-7-10-5-3-4-6-12(10)13/h3-9H,2H2,1H3,(H2,16,18,19). The van der Waals surface area contributed by atoms with Crippen molar-refractivity contribution in [3.63, 3.8) is 0 Å². The van der Waals surface area contributed by atoms with Gasteiger partial charge in [-0.25, -0.2) is 9.97 Å². The number of nitrogens with zero attached hydrogens (tertiary/aromatic N) is 3. The highest BCUT2D eigenvalue weighted by Gasteiger charge is 2.12. The first-order valence-electron chi connectivity index (χ1n) is 6.23. The minimum Gasteiger partial charge on any atom is -0.383 e. The molecule has 94 valence electrons. The Labute approximate surface area is 111 Å². The zero-order valence-corrected chi connectivity index (χ0v) is 10.7. The van der Waals surface area contributed by atoms with Crippen molar-refractivity contribution in [2.24, 2.45) is 0 Å². The molecule has 4 heteroatoms. The summed E-state index contributed by atoms with van der Waals surface area (Å²) in [5, 5.41) is 2.23. The van der Waals surface area contributed by atoms with E-state index < -0.39 is 0 Å². The van der Waals surface area contributed by atoms with Crippen LogP contribution in [0.15, 0.2) is 43.0 Å². The lowest BCUT2D eigenvalue weighted by Crippen LogP contribution is -2.01. The number of aromatic nitrogens is 3. The zero-order chi connectivity index (χ0) is 13.2. The van der Waals surface area contributed by atoms with E-state index in [9.17, 15) is 0 Å². The average Bonchev–Trinajstić information content (AvgIpc) is 2.46. The maximum Gasteiger partial charge on any atom is 0.130 e. The van der Waals surface area contributed by atoms with E-state index in [0.29, 0.717) is 5.82 Å². The molecule has 1 aromatic carbocycles. The maximum atomic E-state index is 5.94. The lowest BCUT2D eigenvalue weighted by Gasteiger charge is -2.10. The average molecular weight is 250 g/mol. The van der Waals surface area contributed by atoms with Gasteiger partial charge in [-0.2, -0.15) is 0 Å². The van der Waals surface area contributed by atoms with Crippen molar-refractivity contribution in [1.29, 1.82) is 0 Å². The molecular weight excluding hydrogens is 236 g/mol. The van der Waals surface area contributed by atoms with Crippen LogP contribution < -0.4 is 5.73 Å². The van der Waals surface area contributed by atoms with Gasteiger partial charge in [0, 0.05) is 28.9 Å². The van der Waals surface area contributed by atoms with Crippen LogP contribution in [0.4, 0.5) is 5.82 Å². The van der Waals surface area contributed by atoms with Crippen LogP contribution in [-0.4, -0.2) is 15.0 Å². The lowest BCUT2D eigenvalue weighted by atomic mass is 10.0. The molecule has 0 saturated carbocycles. The van der Waals surface area contributed by atoms with Crippen molar-refractivity contribution in [2.45, 2.75) is 13.3 Å². The van der Waals surface area contributed by atoms with Crippen molar-refractivity contribution in [3.8, 4) is 11.3 Å². The molecule has 19 heavy (non-hydrogen) atoms. The third kappa shape index (κ3) is 1.91. The Morgan fingerprint density at radius 3 is 2.79 bits per heavy atom. The first kappa shape index (κ1) is 11.6. The van der Waals surface area contributed by atoms with Crippen LogP contribution >= 0.6 is 0 Å². The van der Waals surface area contributed by atoms with Gasteiger partial charge in [-0.15, -0.1) is 0 Å². The van der Waals surface area contributed by atoms with Crippen molar-refractivity contribution in [3.05, 3.63) is 48.5 Å². The van der Waals surface area contributed by atoms with Gasteiger partial charge in [0.05, 0.1) is 5.69 Å². The van der Waals surface area contributed by atoms with Crippen LogP contribution in [-0.2, 0) is 6.42 Å². The molecule has 4 nitrogen and oxygen atoms in total. The SMILES string of the molecule is CCc1c(N)ncnc1-c1cncc2ccccc12. The Balaban J connectivity index is 2.34. The quantitative estimate of drug-likeness (QED) is 0.759. The molecule has 0 spiro atoms. The monoisotopic (exact) mass is 250 g/mol. The molecule has 0 saturated heterocycles. The number of hydrogen-bond acceptors (Lipinski definition) is 4. The van der Waals surface area contributed by atoms with E-state index in [1.165, 1.54) is 6.33 Å². The fraction of sp³-hybridized carbons (Fsp3) is 0.133. The molecule has 3 rings (SSSR count). The highest BCUT2D eigenvalue weighted by atomic mass is 14.9. The van der Waals surface area contributed by atoms with E-state index in [2.05, 4.69) is 27.9 Å². The predicted molar refractivity (Wildman–Crippen MR) is 76.6 cm³/mol. The molecule has 0 aliphatic rings. The van der Waals surface area contributed by atoms with E-state index in [1.807, 2.05) is 30.6 Å². The van der Waals surface area contributed by atoms with Gasteiger partial charge in [-0.3, -0.25) is 4.98 Å². The predicted octanol–water partition coefficient (Wildman–Crippen LogP) is 2.84. The van der Waals surface area contributed by atoms with Gasteiger partial charge in [0.15, 0.2) is 0 Å². The number of nitrogen functional groups attached to an aromatic ring is 1. The van der Waals surface area contributed by atoms with Gasteiger partial charge in [0.25, 0.3) is 0 Å². The summed E-state index contributed by atoms with van der Waals surface area (Å²) in [6.07, 6.45) is 6.00. The van der Waals surface area contributed by atoms with E-state index in [1.54, 1.807) is 0 Å². The normalized spacial score (nSPS) is 10.8. The van der Waals surface area contributed by atoms with Crippen LogP contribution in [0.1, 0.15) is 12.5 Å². The summed E-state index contributed by atoms with van der Waals surface area (Å²) >= 11 is 0. The molecule has 0 bridgehead atoms. The molecule has 2 heterocycles. The van der Waals surface area contributed by atoms with Crippen molar-refractivity contribution >= 4 is 16.6 Å².